The van der Waals surface area contributed by atoms with Crippen LogP contribution in [0.5, 0.6) is 5.75 Å². The lowest BCUT2D eigenvalue weighted by Gasteiger charge is -2.24. The van der Waals surface area contributed by atoms with Crippen LogP contribution in [0.15, 0.2) is 22.6 Å². The topological polar surface area (TPSA) is 106 Å². The van der Waals surface area contributed by atoms with Gasteiger partial charge in [-0.25, -0.2) is 4.21 Å². The molecule has 3 rings (SSSR count). The van der Waals surface area contributed by atoms with Crippen molar-refractivity contribution in [3.63, 3.8) is 0 Å². The lowest BCUT2D eigenvalue weighted by Crippen LogP contribution is -2.37. The van der Waals surface area contributed by atoms with Crippen molar-refractivity contribution in [1.29, 1.82) is 0 Å². The normalized spacial score (nSPS) is 20.5. The molecule has 2 aliphatic rings. The van der Waals surface area contributed by atoms with Gasteiger partial charge in [-0.3, -0.25) is 9.52 Å². The molecule has 4 N–H and O–H groups in total. The van der Waals surface area contributed by atoms with Crippen LogP contribution in [0.2, 0.25) is 0 Å². The monoisotopic (exact) mass is 406 g/mol. The minimum Gasteiger partial charge on any atom is -0.492 e. The van der Waals surface area contributed by atoms with Gasteiger partial charge in [-0.2, -0.15) is 4.40 Å². The number of nitrogens with zero attached hydrogens (tertiary/aromatic N) is 1. The zero-order valence-corrected chi connectivity index (χ0v) is 17.2. The zero-order chi connectivity index (χ0) is 19.9. The van der Waals surface area contributed by atoms with Crippen molar-refractivity contribution in [3.05, 3.63) is 23.8 Å². The predicted octanol–water partition coefficient (Wildman–Crippen LogP) is 2.89. The smallest absolute Gasteiger partial charge is 0.245 e. The van der Waals surface area contributed by atoms with E-state index in [1.165, 1.54) is 6.42 Å². The van der Waals surface area contributed by atoms with Crippen LogP contribution in [0.4, 0.5) is 5.69 Å². The predicted molar refractivity (Wildman–Crippen MR) is 112 cm³/mol. The molecule has 1 aromatic rings. The van der Waals surface area contributed by atoms with Crippen LogP contribution < -0.4 is 20.5 Å². The lowest BCUT2D eigenvalue weighted by atomic mass is 9.88. The van der Waals surface area contributed by atoms with Gasteiger partial charge in [-0.15, -0.1) is 0 Å². The number of anilines is 1. The fraction of sp³-hybridized carbons (Fsp3) is 0.600. The summed E-state index contributed by atoms with van der Waals surface area (Å²) in [7, 11) is 0. The summed E-state index contributed by atoms with van der Waals surface area (Å²) in [5, 5.41) is 3.13. The van der Waals surface area contributed by atoms with Gasteiger partial charge in [0.05, 0.1) is 17.9 Å². The van der Waals surface area contributed by atoms with Crippen LogP contribution in [-0.2, 0) is 16.0 Å². The number of benzene rings is 1. The van der Waals surface area contributed by atoms with Gasteiger partial charge in [0.1, 0.15) is 11.6 Å². The minimum absolute atomic E-state index is 0.168. The van der Waals surface area contributed by atoms with Gasteiger partial charge in [-0.1, -0.05) is 38.7 Å². The van der Waals surface area contributed by atoms with Crippen molar-refractivity contribution in [1.82, 2.24) is 5.32 Å². The van der Waals surface area contributed by atoms with Crippen LogP contribution in [0, 0.1) is 11.8 Å². The fourth-order valence-corrected chi connectivity index (χ4v) is 4.54. The first-order valence-corrected chi connectivity index (χ1v) is 11.3. The Bertz CT molecular complexity index is 747. The number of carbonyl (C=O) groups is 1. The van der Waals surface area contributed by atoms with E-state index in [1.54, 1.807) is 6.07 Å². The molecule has 0 spiro atoms. The van der Waals surface area contributed by atoms with Crippen LogP contribution in [-0.4, -0.2) is 29.1 Å². The Hall–Kier alpha value is -2.09. The molecule has 0 bridgehead atoms. The van der Waals surface area contributed by atoms with E-state index in [1.807, 2.05) is 12.1 Å². The molecule has 0 aromatic heterocycles. The van der Waals surface area contributed by atoms with Crippen molar-refractivity contribution in [3.8, 4) is 5.75 Å². The Labute approximate surface area is 169 Å². The largest absolute Gasteiger partial charge is 0.492 e. The molecule has 154 valence electrons. The molecular formula is C20H30N4O3S. The molecule has 1 fully saturated rings. The molecule has 1 aliphatic heterocycles. The summed E-state index contributed by atoms with van der Waals surface area (Å²) in [4.78, 5) is 12.4. The van der Waals surface area contributed by atoms with E-state index in [9.17, 15) is 9.00 Å². The van der Waals surface area contributed by atoms with Gasteiger partial charge in [0.2, 0.25) is 17.1 Å². The molecular weight excluding hydrogens is 376 g/mol. The van der Waals surface area contributed by atoms with E-state index in [0.717, 1.165) is 38.5 Å². The Morgan fingerprint density at radius 3 is 2.93 bits per heavy atom. The van der Waals surface area contributed by atoms with E-state index in [2.05, 4.69) is 21.4 Å². The summed E-state index contributed by atoms with van der Waals surface area (Å²) in [6.45, 7) is 3.22. The van der Waals surface area contributed by atoms with Gasteiger partial charge in [0.15, 0.2) is 0 Å². The molecule has 8 heteroatoms. The number of hydrogen-bond donors (Lipinski definition) is 3. The van der Waals surface area contributed by atoms with E-state index < -0.39 is 11.2 Å². The number of rotatable bonds is 8. The average molecular weight is 407 g/mol. The molecule has 0 saturated heterocycles. The third-order valence-corrected chi connectivity index (χ3v) is 6.13. The Kier molecular flexibility index (Phi) is 7.30. The number of nitrogens with two attached hydrogens (primary N) is 1. The maximum absolute atomic E-state index is 12.4. The SMILES string of the molecule is CCC[C@@H](CNC(=O)C1CCCCC1)COc1cccc2c1C(N)=NS(=O)N2. The molecule has 7 nitrogen and oxygen atoms in total. The van der Waals surface area contributed by atoms with Crippen molar-refractivity contribution >= 4 is 28.6 Å². The van der Waals surface area contributed by atoms with Crippen LogP contribution in [0.3, 0.4) is 0 Å². The van der Waals surface area contributed by atoms with Crippen LogP contribution >= 0.6 is 0 Å². The molecule has 2 atom stereocenters. The Balaban J connectivity index is 1.58. The summed E-state index contributed by atoms with van der Waals surface area (Å²) in [5.41, 5.74) is 7.26. The van der Waals surface area contributed by atoms with E-state index >= 15 is 0 Å². The standard InChI is InChI=1S/C20H30N4O3S/c1-2-7-14(12-22-20(25)15-8-4-3-5-9-15)13-27-17-11-6-10-16-18(17)19(21)24-28(26)23-16/h6,10-11,14-15,23H,2-5,7-9,12-13H2,1H3,(H2,21,24)(H,22,25)/t14-,28?/m0/s1. The highest BCUT2D eigenvalue weighted by Crippen LogP contribution is 2.30. The number of ether oxygens (including phenoxy) is 1. The van der Waals surface area contributed by atoms with Crippen molar-refractivity contribution in [2.24, 2.45) is 22.0 Å². The average Bonchev–Trinajstić information content (AvgIpc) is 2.70. The quantitative estimate of drug-likeness (QED) is 0.617. The molecule has 1 amide bonds. The summed E-state index contributed by atoms with van der Waals surface area (Å²) >= 11 is -1.56. The summed E-state index contributed by atoms with van der Waals surface area (Å²) < 4.78 is 24.3. The summed E-state index contributed by atoms with van der Waals surface area (Å²) in [6.07, 6.45) is 7.54. The molecule has 0 radical (unpaired) electrons. The third kappa shape index (κ3) is 5.25. The summed E-state index contributed by atoms with van der Waals surface area (Å²) in [5.74, 6) is 1.39. The molecule has 1 unspecified atom stereocenters. The maximum Gasteiger partial charge on any atom is 0.245 e. The number of carbonyl (C=O) groups excluding carboxylic acids is 1. The number of nitrogens with one attached hydrogen (secondary N) is 2. The van der Waals surface area contributed by atoms with Gasteiger partial charge in [-0.05, 0) is 31.4 Å². The number of amidine groups is 1. The molecule has 1 aliphatic carbocycles. The first-order chi connectivity index (χ1) is 13.6. The second-order valence-corrected chi connectivity index (χ2v) is 8.44. The van der Waals surface area contributed by atoms with Crippen molar-refractivity contribution in [2.45, 2.75) is 51.9 Å². The summed E-state index contributed by atoms with van der Waals surface area (Å²) in [6, 6.07) is 5.47. The number of amides is 1. The second kappa shape index (κ2) is 9.91. The maximum atomic E-state index is 12.4. The lowest BCUT2D eigenvalue weighted by molar-refractivity contribution is -0.126. The zero-order valence-electron chi connectivity index (χ0n) is 16.4. The van der Waals surface area contributed by atoms with Gasteiger partial charge in [0, 0.05) is 18.4 Å². The first-order valence-electron chi connectivity index (χ1n) is 10.1. The second-order valence-electron chi connectivity index (χ2n) is 7.55. The molecule has 28 heavy (non-hydrogen) atoms. The highest BCUT2D eigenvalue weighted by molar-refractivity contribution is 7.85. The first kappa shape index (κ1) is 20.6. The third-order valence-electron chi connectivity index (χ3n) is 5.37. The van der Waals surface area contributed by atoms with Crippen LogP contribution in [0.25, 0.3) is 0 Å². The van der Waals surface area contributed by atoms with Crippen molar-refractivity contribution in [2.75, 3.05) is 17.9 Å². The Morgan fingerprint density at radius 2 is 2.18 bits per heavy atom. The molecule has 1 saturated carbocycles. The van der Waals surface area contributed by atoms with E-state index in [-0.39, 0.29) is 23.6 Å². The highest BCUT2D eigenvalue weighted by Gasteiger charge is 2.23. The molecule has 1 aromatic carbocycles. The fourth-order valence-electron chi connectivity index (χ4n) is 3.87. The van der Waals surface area contributed by atoms with E-state index in [0.29, 0.717) is 30.2 Å². The Morgan fingerprint density at radius 1 is 1.39 bits per heavy atom. The van der Waals surface area contributed by atoms with Gasteiger partial charge < -0.3 is 15.8 Å². The van der Waals surface area contributed by atoms with Crippen LogP contribution in [0.1, 0.15) is 57.4 Å². The molecule has 1 heterocycles. The highest BCUT2D eigenvalue weighted by atomic mass is 32.2. The van der Waals surface area contributed by atoms with Gasteiger partial charge >= 0.3 is 0 Å². The number of hydrogen-bond acceptors (Lipinski definition) is 4. The minimum atomic E-state index is -1.56. The number of fused-ring (bicyclic) bond motifs is 1. The van der Waals surface area contributed by atoms with E-state index in [4.69, 9.17) is 10.5 Å². The van der Waals surface area contributed by atoms with Gasteiger partial charge in [0.25, 0.3) is 0 Å². The van der Waals surface area contributed by atoms with Crippen molar-refractivity contribution < 1.29 is 13.7 Å².